The Morgan fingerprint density at radius 3 is 2.40 bits per heavy atom. The minimum atomic E-state index is -4.01. The zero-order valence-electron chi connectivity index (χ0n) is 20.0. The van der Waals surface area contributed by atoms with Crippen LogP contribution < -0.4 is 14.9 Å². The summed E-state index contributed by atoms with van der Waals surface area (Å²) in [5.74, 6) is -0.520. The molecule has 0 fully saturated rings. The molecular weight excluding hydrogens is 462 g/mol. The van der Waals surface area contributed by atoms with Crippen LogP contribution in [0.5, 0.6) is 0 Å². The summed E-state index contributed by atoms with van der Waals surface area (Å²) >= 11 is 0. The Labute approximate surface area is 206 Å². The van der Waals surface area contributed by atoms with E-state index in [0.717, 1.165) is 27.9 Å². The Morgan fingerprint density at radius 2 is 1.71 bits per heavy atom. The summed E-state index contributed by atoms with van der Waals surface area (Å²) in [6, 6.07) is 18.6. The van der Waals surface area contributed by atoms with Crippen molar-refractivity contribution in [1.29, 1.82) is 0 Å². The molecule has 8 heteroatoms. The van der Waals surface area contributed by atoms with Gasteiger partial charge in [-0.05, 0) is 79.3 Å². The molecule has 0 spiro atoms. The molecule has 7 nitrogen and oxygen atoms in total. The lowest BCUT2D eigenvalue weighted by Gasteiger charge is -2.20. The number of amides is 2. The largest absolute Gasteiger partial charge is 0.325 e. The van der Waals surface area contributed by atoms with Gasteiger partial charge < -0.3 is 10.2 Å². The lowest BCUT2D eigenvalue weighted by atomic mass is 10.1. The Kier molecular flexibility index (Phi) is 7.05. The van der Waals surface area contributed by atoms with Gasteiger partial charge in [0.05, 0.1) is 4.90 Å². The summed E-state index contributed by atoms with van der Waals surface area (Å²) in [5.41, 5.74) is 5.09. The minimum absolute atomic E-state index is 0.0682. The molecular formula is C27H29N3O4S. The van der Waals surface area contributed by atoms with Crippen LogP contribution in [0.15, 0.2) is 71.6 Å². The van der Waals surface area contributed by atoms with Crippen LogP contribution in [0.1, 0.15) is 29.2 Å². The number of benzene rings is 3. The smallest absolute Gasteiger partial charge is 0.242 e. The van der Waals surface area contributed by atoms with Crippen molar-refractivity contribution in [2.24, 2.45) is 0 Å². The van der Waals surface area contributed by atoms with Gasteiger partial charge in [-0.3, -0.25) is 9.59 Å². The fourth-order valence-electron chi connectivity index (χ4n) is 4.21. The van der Waals surface area contributed by atoms with Gasteiger partial charge in [0.15, 0.2) is 0 Å². The standard InChI is InChI=1S/C27H29N3O4S/c1-18-9-10-23(15-19(18)2)28-27(32)25(16-21-7-5-4-6-8-21)29-35(33,34)24-11-12-26-22(17-24)13-14-30(26)20(3)31/h4-12,15,17,25,29H,13-14,16H2,1-3H3,(H,28,32). The van der Waals surface area contributed by atoms with Gasteiger partial charge in [0.25, 0.3) is 0 Å². The van der Waals surface area contributed by atoms with Gasteiger partial charge >= 0.3 is 0 Å². The van der Waals surface area contributed by atoms with E-state index in [1.807, 2.05) is 56.3 Å². The number of hydrogen-bond acceptors (Lipinski definition) is 4. The quantitative estimate of drug-likeness (QED) is 0.526. The maximum Gasteiger partial charge on any atom is 0.242 e. The molecule has 1 aliphatic rings. The Bertz CT molecular complexity index is 1370. The summed E-state index contributed by atoms with van der Waals surface area (Å²) in [6.07, 6.45) is 0.777. The highest BCUT2D eigenvalue weighted by Gasteiger charge is 2.29. The Morgan fingerprint density at radius 1 is 0.971 bits per heavy atom. The molecule has 1 atom stereocenters. The summed E-state index contributed by atoms with van der Waals surface area (Å²) in [5, 5.41) is 2.85. The van der Waals surface area contributed by atoms with Gasteiger partial charge in [-0.1, -0.05) is 36.4 Å². The van der Waals surface area contributed by atoms with Crippen molar-refractivity contribution in [1.82, 2.24) is 4.72 Å². The minimum Gasteiger partial charge on any atom is -0.325 e. The van der Waals surface area contributed by atoms with E-state index in [9.17, 15) is 18.0 Å². The third-order valence-electron chi connectivity index (χ3n) is 6.31. The van der Waals surface area contributed by atoms with Crippen LogP contribution in [0.25, 0.3) is 0 Å². The van der Waals surface area contributed by atoms with E-state index in [2.05, 4.69) is 10.0 Å². The van der Waals surface area contributed by atoms with Gasteiger partial charge in [-0.15, -0.1) is 0 Å². The van der Waals surface area contributed by atoms with Crippen LogP contribution in [0.3, 0.4) is 0 Å². The summed E-state index contributed by atoms with van der Waals surface area (Å²) in [4.78, 5) is 26.8. The summed E-state index contributed by atoms with van der Waals surface area (Å²) in [7, 11) is -4.01. The van der Waals surface area contributed by atoms with Crippen molar-refractivity contribution in [3.05, 3.63) is 89.0 Å². The van der Waals surface area contributed by atoms with E-state index >= 15 is 0 Å². The maximum atomic E-state index is 13.3. The number of rotatable bonds is 7. The van der Waals surface area contributed by atoms with Crippen LogP contribution in [0.2, 0.25) is 0 Å². The first-order chi connectivity index (χ1) is 16.6. The highest BCUT2D eigenvalue weighted by molar-refractivity contribution is 7.89. The second kappa shape index (κ2) is 10.0. The maximum absolute atomic E-state index is 13.3. The number of hydrogen-bond donors (Lipinski definition) is 2. The fourth-order valence-corrected chi connectivity index (χ4v) is 5.46. The average molecular weight is 492 g/mol. The Balaban J connectivity index is 1.60. The number of carbonyl (C=O) groups excluding carboxylic acids is 2. The zero-order chi connectivity index (χ0) is 25.2. The molecule has 35 heavy (non-hydrogen) atoms. The molecule has 3 aromatic carbocycles. The van der Waals surface area contributed by atoms with Gasteiger partial charge in [0, 0.05) is 24.8 Å². The van der Waals surface area contributed by atoms with Crippen LogP contribution in [-0.2, 0) is 32.5 Å². The molecule has 1 aliphatic heterocycles. The average Bonchev–Trinajstić information content (AvgIpc) is 3.25. The number of anilines is 2. The van der Waals surface area contributed by atoms with E-state index in [1.165, 1.54) is 13.0 Å². The molecule has 2 N–H and O–H groups in total. The molecule has 0 radical (unpaired) electrons. The number of sulfonamides is 1. The van der Waals surface area contributed by atoms with Crippen LogP contribution in [0, 0.1) is 13.8 Å². The highest BCUT2D eigenvalue weighted by Crippen LogP contribution is 2.30. The molecule has 0 saturated heterocycles. The summed E-state index contributed by atoms with van der Waals surface area (Å²) in [6.45, 7) is 5.95. The number of aryl methyl sites for hydroxylation is 2. The van der Waals surface area contributed by atoms with Crippen molar-refractivity contribution < 1.29 is 18.0 Å². The van der Waals surface area contributed by atoms with Crippen molar-refractivity contribution in [3.8, 4) is 0 Å². The van der Waals surface area contributed by atoms with Gasteiger partial charge in [0.1, 0.15) is 6.04 Å². The third kappa shape index (κ3) is 5.61. The van der Waals surface area contributed by atoms with Crippen molar-refractivity contribution in [3.63, 3.8) is 0 Å². The topological polar surface area (TPSA) is 95.6 Å². The molecule has 1 heterocycles. The highest BCUT2D eigenvalue weighted by atomic mass is 32.2. The monoisotopic (exact) mass is 491 g/mol. The molecule has 0 aliphatic carbocycles. The van der Waals surface area contributed by atoms with E-state index in [-0.39, 0.29) is 17.2 Å². The first kappa shape index (κ1) is 24.6. The SMILES string of the molecule is CC(=O)N1CCc2cc(S(=O)(=O)NC(Cc3ccccc3)C(=O)Nc3ccc(C)c(C)c3)ccc21. The molecule has 0 bridgehead atoms. The van der Waals surface area contributed by atoms with Gasteiger partial charge in [-0.2, -0.15) is 4.72 Å². The van der Waals surface area contributed by atoms with Crippen LogP contribution >= 0.6 is 0 Å². The second-order valence-corrected chi connectivity index (χ2v) is 10.6. The Hall–Kier alpha value is -3.49. The van der Waals surface area contributed by atoms with Gasteiger partial charge in [-0.25, -0.2) is 8.42 Å². The molecule has 1 unspecified atom stereocenters. The van der Waals surface area contributed by atoms with E-state index in [1.54, 1.807) is 23.1 Å². The summed E-state index contributed by atoms with van der Waals surface area (Å²) < 4.78 is 29.3. The third-order valence-corrected chi connectivity index (χ3v) is 7.78. The normalized spacial score (nSPS) is 13.9. The van der Waals surface area contributed by atoms with Crippen molar-refractivity contribution in [2.75, 3.05) is 16.8 Å². The second-order valence-electron chi connectivity index (χ2n) is 8.86. The predicted molar refractivity (Wildman–Crippen MR) is 137 cm³/mol. The van der Waals surface area contributed by atoms with Crippen molar-refractivity contribution >= 4 is 33.2 Å². The van der Waals surface area contributed by atoms with Gasteiger partial charge in [0.2, 0.25) is 21.8 Å². The van der Waals surface area contributed by atoms with Crippen LogP contribution in [-0.4, -0.2) is 32.8 Å². The molecule has 182 valence electrons. The van der Waals surface area contributed by atoms with Crippen LogP contribution in [0.4, 0.5) is 11.4 Å². The fraction of sp³-hybridized carbons (Fsp3) is 0.259. The predicted octanol–water partition coefficient (Wildman–Crippen LogP) is 3.74. The van der Waals surface area contributed by atoms with Crippen molar-refractivity contribution in [2.45, 2.75) is 44.6 Å². The number of fused-ring (bicyclic) bond motifs is 1. The van der Waals surface area contributed by atoms with E-state index in [0.29, 0.717) is 18.7 Å². The lowest BCUT2D eigenvalue weighted by molar-refractivity contribution is -0.118. The molecule has 0 aromatic heterocycles. The first-order valence-electron chi connectivity index (χ1n) is 11.5. The number of carbonyl (C=O) groups is 2. The molecule has 0 saturated carbocycles. The molecule has 2 amide bonds. The molecule has 3 aromatic rings. The first-order valence-corrected chi connectivity index (χ1v) is 13.0. The zero-order valence-corrected chi connectivity index (χ0v) is 20.9. The van der Waals surface area contributed by atoms with E-state index in [4.69, 9.17) is 0 Å². The number of nitrogens with zero attached hydrogens (tertiary/aromatic N) is 1. The lowest BCUT2D eigenvalue weighted by Crippen LogP contribution is -2.45. The number of nitrogens with one attached hydrogen (secondary N) is 2. The van der Waals surface area contributed by atoms with E-state index < -0.39 is 22.0 Å². The molecule has 4 rings (SSSR count).